The van der Waals surface area contributed by atoms with E-state index in [1.54, 1.807) is 7.11 Å². The van der Waals surface area contributed by atoms with Gasteiger partial charge in [-0.05, 0) is 64.3 Å². The fraction of sp³-hybridized carbons (Fsp3) is 0.394. The van der Waals surface area contributed by atoms with Crippen molar-refractivity contribution in [1.82, 2.24) is 4.90 Å². The maximum atomic E-state index is 9.35. The Labute approximate surface area is 230 Å². The van der Waals surface area contributed by atoms with E-state index in [-0.39, 0.29) is 24.9 Å². The predicted molar refractivity (Wildman–Crippen MR) is 151 cm³/mol. The highest BCUT2D eigenvalue weighted by Gasteiger charge is 2.37. The maximum absolute atomic E-state index is 9.35. The van der Waals surface area contributed by atoms with Gasteiger partial charge in [0.05, 0.1) is 19.4 Å². The summed E-state index contributed by atoms with van der Waals surface area (Å²) in [6.45, 7) is 8.42. The molecule has 0 amide bonds. The fourth-order valence-electron chi connectivity index (χ4n) is 5.85. The summed E-state index contributed by atoms with van der Waals surface area (Å²) in [5.41, 5.74) is 9.92. The number of aliphatic hydroxyl groups is 1. The number of ether oxygens (including phenoxy) is 4. The number of fused-ring (bicyclic) bond motifs is 5. The molecule has 2 aromatic carbocycles. The largest absolute Gasteiger partial charge is 0.498 e. The summed E-state index contributed by atoms with van der Waals surface area (Å²) in [5.74, 6) is 2.41. The molecule has 6 heteroatoms. The molecule has 1 unspecified atom stereocenters. The normalized spacial score (nSPS) is 19.6. The third-order valence-corrected chi connectivity index (χ3v) is 7.96. The van der Waals surface area contributed by atoms with Crippen molar-refractivity contribution in [3.63, 3.8) is 0 Å². The van der Waals surface area contributed by atoms with Crippen molar-refractivity contribution in [1.29, 1.82) is 0 Å². The molecule has 1 N–H and O–H groups in total. The predicted octanol–water partition coefficient (Wildman–Crippen LogP) is 5.66. The summed E-state index contributed by atoms with van der Waals surface area (Å²) in [6.07, 6.45) is 8.38. The summed E-state index contributed by atoms with van der Waals surface area (Å²) < 4.78 is 23.5. The zero-order chi connectivity index (χ0) is 27.1. The van der Waals surface area contributed by atoms with Crippen LogP contribution in [0, 0.1) is 0 Å². The van der Waals surface area contributed by atoms with Crippen LogP contribution in [0.15, 0.2) is 77.2 Å². The number of benzene rings is 2. The third-order valence-electron chi connectivity index (χ3n) is 7.96. The zero-order valence-electron chi connectivity index (χ0n) is 23.3. The van der Waals surface area contributed by atoms with E-state index < -0.39 is 0 Å². The second-order valence-corrected chi connectivity index (χ2v) is 11.5. The molecular formula is C33H37NO5. The number of hydrogen-bond donors (Lipinski definition) is 1. The molecule has 6 rings (SSSR count). The van der Waals surface area contributed by atoms with E-state index in [4.69, 9.17) is 18.9 Å². The lowest BCUT2D eigenvalue weighted by Crippen LogP contribution is -2.34. The molecule has 0 saturated heterocycles. The van der Waals surface area contributed by atoms with Crippen molar-refractivity contribution in [2.24, 2.45) is 0 Å². The minimum absolute atomic E-state index is 0.0966. The van der Waals surface area contributed by atoms with Gasteiger partial charge < -0.3 is 29.0 Å². The average molecular weight is 528 g/mol. The van der Waals surface area contributed by atoms with Crippen LogP contribution in [0.1, 0.15) is 49.4 Å². The highest BCUT2D eigenvalue weighted by Crippen LogP contribution is 2.47. The van der Waals surface area contributed by atoms with Crippen molar-refractivity contribution in [3.05, 3.63) is 99.5 Å². The second-order valence-electron chi connectivity index (χ2n) is 11.5. The molecule has 1 atom stereocenters. The van der Waals surface area contributed by atoms with E-state index in [0.717, 1.165) is 42.2 Å². The average Bonchev–Trinajstić information content (AvgIpc) is 3.39. The topological polar surface area (TPSA) is 60.4 Å². The van der Waals surface area contributed by atoms with Crippen LogP contribution in [0.25, 0.3) is 5.70 Å². The number of methoxy groups -OCH3 is 1. The number of hydrogen-bond acceptors (Lipinski definition) is 6. The standard InChI is InChI=1S/C33H37NO5/c1-33(2,3)23-8-6-21(7-9-23)16-26-24-10-11-28(36-4)32(37-15-5-14-35)27(24)19-34-13-12-22-17-29-30(39-20-38-29)18-25(22)31(26)34/h6-11,17-19,32,35H,5,12-16,20H2,1-4H3. The van der Waals surface area contributed by atoms with Gasteiger partial charge in [-0.25, -0.2) is 0 Å². The van der Waals surface area contributed by atoms with Gasteiger partial charge in [0.2, 0.25) is 6.79 Å². The summed E-state index contributed by atoms with van der Waals surface area (Å²) in [7, 11) is 1.69. The SMILES string of the molecule is COC1=CC=C2C(=CN3CCc4cc5c(cc4C3=C2Cc2ccc(C(C)(C)C)cc2)OCO5)C1OCCCO. The number of rotatable bonds is 7. The molecule has 3 aliphatic heterocycles. The third kappa shape index (κ3) is 4.77. The molecule has 4 aliphatic rings. The van der Waals surface area contributed by atoms with E-state index in [1.807, 2.05) is 6.08 Å². The number of allylic oxidation sites excluding steroid dienone is 3. The molecule has 0 radical (unpaired) electrons. The van der Waals surface area contributed by atoms with E-state index >= 15 is 0 Å². The van der Waals surface area contributed by atoms with Crippen LogP contribution in [-0.4, -0.2) is 49.8 Å². The Balaban J connectivity index is 1.47. The molecule has 3 heterocycles. The van der Waals surface area contributed by atoms with Gasteiger partial charge in [0.25, 0.3) is 0 Å². The van der Waals surface area contributed by atoms with Crippen LogP contribution in [0.5, 0.6) is 11.5 Å². The number of aliphatic hydroxyl groups excluding tert-OH is 1. The Kier molecular flexibility index (Phi) is 6.77. The minimum Gasteiger partial charge on any atom is -0.498 e. The van der Waals surface area contributed by atoms with E-state index in [2.05, 4.69) is 74.3 Å². The Morgan fingerprint density at radius 1 is 1.05 bits per heavy atom. The van der Waals surface area contributed by atoms with Gasteiger partial charge in [0.1, 0.15) is 11.9 Å². The van der Waals surface area contributed by atoms with Crippen LogP contribution >= 0.6 is 0 Å². The molecular weight excluding hydrogens is 490 g/mol. The highest BCUT2D eigenvalue weighted by molar-refractivity contribution is 5.82. The monoisotopic (exact) mass is 527 g/mol. The van der Waals surface area contributed by atoms with Gasteiger partial charge in [0, 0.05) is 36.9 Å². The lowest BCUT2D eigenvalue weighted by atomic mass is 9.79. The Morgan fingerprint density at radius 2 is 1.82 bits per heavy atom. The van der Waals surface area contributed by atoms with Gasteiger partial charge in [-0.3, -0.25) is 0 Å². The Bertz CT molecular complexity index is 1390. The van der Waals surface area contributed by atoms with Gasteiger partial charge in [0.15, 0.2) is 11.5 Å². The van der Waals surface area contributed by atoms with Crippen molar-refractivity contribution in [2.45, 2.75) is 51.6 Å². The lowest BCUT2D eigenvalue weighted by Gasteiger charge is -2.40. The first-order valence-corrected chi connectivity index (χ1v) is 13.8. The van der Waals surface area contributed by atoms with Gasteiger partial charge in [-0.1, -0.05) is 51.1 Å². The molecule has 0 saturated carbocycles. The molecule has 0 bridgehead atoms. The van der Waals surface area contributed by atoms with Crippen molar-refractivity contribution >= 4 is 5.70 Å². The van der Waals surface area contributed by atoms with E-state index in [1.165, 1.54) is 39.1 Å². The summed E-state index contributed by atoms with van der Waals surface area (Å²) in [6, 6.07) is 13.3. The highest BCUT2D eigenvalue weighted by atomic mass is 16.7. The van der Waals surface area contributed by atoms with Crippen LogP contribution in [0.3, 0.4) is 0 Å². The summed E-state index contributed by atoms with van der Waals surface area (Å²) in [5, 5.41) is 9.35. The van der Waals surface area contributed by atoms with Gasteiger partial charge in [-0.2, -0.15) is 0 Å². The minimum atomic E-state index is -0.320. The van der Waals surface area contributed by atoms with Crippen LogP contribution in [0.4, 0.5) is 0 Å². The first-order valence-electron chi connectivity index (χ1n) is 13.8. The molecule has 204 valence electrons. The summed E-state index contributed by atoms with van der Waals surface area (Å²) in [4.78, 5) is 2.37. The van der Waals surface area contributed by atoms with Crippen molar-refractivity contribution in [3.8, 4) is 11.5 Å². The molecule has 6 nitrogen and oxygen atoms in total. The van der Waals surface area contributed by atoms with Gasteiger partial charge in [-0.15, -0.1) is 0 Å². The zero-order valence-corrected chi connectivity index (χ0v) is 23.3. The van der Waals surface area contributed by atoms with Crippen LogP contribution in [0.2, 0.25) is 0 Å². The van der Waals surface area contributed by atoms with Crippen molar-refractivity contribution in [2.75, 3.05) is 33.7 Å². The molecule has 0 aromatic heterocycles. The first kappa shape index (κ1) is 25.8. The first-order chi connectivity index (χ1) is 18.9. The quantitative estimate of drug-likeness (QED) is 0.469. The molecule has 2 aromatic rings. The summed E-state index contributed by atoms with van der Waals surface area (Å²) >= 11 is 0. The molecule has 0 fully saturated rings. The number of nitrogens with zero attached hydrogens (tertiary/aromatic N) is 1. The second kappa shape index (κ2) is 10.2. The fourth-order valence-corrected chi connectivity index (χ4v) is 5.85. The molecule has 1 aliphatic carbocycles. The van der Waals surface area contributed by atoms with E-state index in [0.29, 0.717) is 13.0 Å². The molecule has 39 heavy (non-hydrogen) atoms. The van der Waals surface area contributed by atoms with Crippen LogP contribution in [-0.2, 0) is 27.7 Å². The lowest BCUT2D eigenvalue weighted by molar-refractivity contribution is 0.0520. The maximum Gasteiger partial charge on any atom is 0.231 e. The smallest absolute Gasteiger partial charge is 0.231 e. The van der Waals surface area contributed by atoms with Crippen molar-refractivity contribution < 1.29 is 24.1 Å². The molecule has 0 spiro atoms. The van der Waals surface area contributed by atoms with E-state index in [9.17, 15) is 5.11 Å². The van der Waals surface area contributed by atoms with Crippen LogP contribution < -0.4 is 9.47 Å². The Morgan fingerprint density at radius 3 is 2.54 bits per heavy atom. The Hall–Kier alpha value is -3.48. The van der Waals surface area contributed by atoms with Gasteiger partial charge >= 0.3 is 0 Å².